The Morgan fingerprint density at radius 2 is 1.79 bits per heavy atom. The summed E-state index contributed by atoms with van der Waals surface area (Å²) in [4.78, 5) is 55.6. The number of likely N-dealkylation sites (N-methyl/N-ethyl adjacent to an activating group) is 1. The quantitative estimate of drug-likeness (QED) is 0.514. The molecule has 3 atom stereocenters. The number of aryl methyl sites for hydroxylation is 1. The summed E-state index contributed by atoms with van der Waals surface area (Å²) >= 11 is 6.32. The van der Waals surface area contributed by atoms with E-state index in [1.807, 2.05) is 6.92 Å². The average Bonchev–Trinajstić information content (AvgIpc) is 3.26. The van der Waals surface area contributed by atoms with Gasteiger partial charge in [0.1, 0.15) is 11.0 Å². The van der Waals surface area contributed by atoms with Gasteiger partial charge in [-0.2, -0.15) is 0 Å². The Hall–Kier alpha value is -3.23. The van der Waals surface area contributed by atoms with Crippen molar-refractivity contribution in [1.29, 1.82) is 0 Å². The average molecular weight is 485 g/mol. The summed E-state index contributed by atoms with van der Waals surface area (Å²) in [6.07, 6.45) is -0.496. The van der Waals surface area contributed by atoms with Gasteiger partial charge >= 0.3 is 11.9 Å². The molecule has 0 unspecified atom stereocenters. The van der Waals surface area contributed by atoms with Crippen LogP contribution in [0, 0.1) is 12.8 Å². The Morgan fingerprint density at radius 3 is 2.41 bits per heavy atom. The third-order valence-corrected chi connectivity index (χ3v) is 7.33. The number of esters is 2. The van der Waals surface area contributed by atoms with Crippen LogP contribution in [-0.2, 0) is 29.3 Å². The smallest absolute Gasteiger partial charge is 0.328 e. The lowest BCUT2D eigenvalue weighted by atomic mass is 9.59. The summed E-state index contributed by atoms with van der Waals surface area (Å²) in [5.41, 5.74) is -1.48. The van der Waals surface area contributed by atoms with Crippen LogP contribution in [-0.4, -0.2) is 61.9 Å². The molecule has 2 aromatic carbocycles. The molecular weight excluding hydrogens is 460 g/mol. The van der Waals surface area contributed by atoms with E-state index in [2.05, 4.69) is 5.32 Å². The molecule has 1 spiro atoms. The summed E-state index contributed by atoms with van der Waals surface area (Å²) in [5.74, 6) is -3.45. The first kappa shape index (κ1) is 23.9. The van der Waals surface area contributed by atoms with E-state index in [9.17, 15) is 19.2 Å². The molecule has 8 nitrogen and oxygen atoms in total. The number of ether oxygens (including phenoxy) is 2. The molecule has 1 amide bonds. The Balaban J connectivity index is 2.05. The number of nitrogens with one attached hydrogen (secondary N) is 1. The van der Waals surface area contributed by atoms with E-state index in [1.165, 1.54) is 14.2 Å². The first-order valence-electron chi connectivity index (χ1n) is 10.7. The first-order valence-corrected chi connectivity index (χ1v) is 11.1. The van der Waals surface area contributed by atoms with E-state index >= 15 is 0 Å². The van der Waals surface area contributed by atoms with Crippen molar-refractivity contribution in [2.45, 2.75) is 24.3 Å². The fourth-order valence-corrected chi connectivity index (χ4v) is 5.69. The van der Waals surface area contributed by atoms with Crippen molar-refractivity contribution in [3.8, 4) is 0 Å². The first-order chi connectivity index (χ1) is 16.1. The minimum Gasteiger partial charge on any atom is -0.469 e. The molecular formula is C25H25ClN2O6. The molecule has 0 aromatic heterocycles. The van der Waals surface area contributed by atoms with Crippen LogP contribution in [0.4, 0.5) is 5.69 Å². The highest BCUT2D eigenvalue weighted by Crippen LogP contribution is 2.59. The van der Waals surface area contributed by atoms with E-state index in [-0.39, 0.29) is 12.3 Å². The van der Waals surface area contributed by atoms with Gasteiger partial charge in [-0.15, -0.1) is 0 Å². The molecule has 9 heteroatoms. The summed E-state index contributed by atoms with van der Waals surface area (Å²) in [7, 11) is 3.98. The largest absolute Gasteiger partial charge is 0.469 e. The Morgan fingerprint density at radius 1 is 1.12 bits per heavy atom. The maximum Gasteiger partial charge on any atom is 0.328 e. The lowest BCUT2D eigenvalue weighted by Crippen LogP contribution is -2.66. The molecule has 0 radical (unpaired) electrons. The number of likely N-dealkylation sites (tertiary alicyclic amines) is 1. The number of ketones is 1. The fraction of sp³-hybridized carbons (Fsp3) is 0.360. The summed E-state index contributed by atoms with van der Waals surface area (Å²) in [5, 5.41) is 3.13. The molecule has 0 bridgehead atoms. The number of Topliss-reactive ketones (excluding diaryl/α,β-unsaturated/α-hetero) is 1. The van der Waals surface area contributed by atoms with Gasteiger partial charge in [-0.1, -0.05) is 41.4 Å². The molecule has 1 fully saturated rings. The summed E-state index contributed by atoms with van der Waals surface area (Å²) < 4.78 is 10.1. The van der Waals surface area contributed by atoms with Crippen molar-refractivity contribution in [1.82, 2.24) is 4.90 Å². The second kappa shape index (κ2) is 8.52. The number of amides is 1. The van der Waals surface area contributed by atoms with Crippen LogP contribution in [0.2, 0.25) is 5.02 Å². The van der Waals surface area contributed by atoms with Gasteiger partial charge in [0.25, 0.3) is 0 Å². The highest BCUT2D eigenvalue weighted by Gasteiger charge is 2.76. The SMILES string of the molecule is COC(=O)C[C@@]1(C(=O)OC)N(C)C[C@H](C(=O)c2ccc(C)cc2)[C@@]12C(=O)Nc1ccc(Cl)cc12. The van der Waals surface area contributed by atoms with E-state index in [1.54, 1.807) is 54.4 Å². The maximum atomic E-state index is 14.0. The van der Waals surface area contributed by atoms with Gasteiger partial charge in [-0.25, -0.2) is 4.79 Å². The Kier molecular flexibility index (Phi) is 5.99. The van der Waals surface area contributed by atoms with Crippen LogP contribution in [0.15, 0.2) is 42.5 Å². The normalized spacial score (nSPS) is 25.7. The predicted molar refractivity (Wildman–Crippen MR) is 125 cm³/mol. The summed E-state index contributed by atoms with van der Waals surface area (Å²) in [6.45, 7) is 1.93. The maximum absolute atomic E-state index is 14.0. The molecule has 2 aromatic rings. The number of nitrogens with zero attached hydrogens (tertiary/aromatic N) is 1. The number of benzene rings is 2. The van der Waals surface area contributed by atoms with E-state index < -0.39 is 41.1 Å². The van der Waals surface area contributed by atoms with Crippen LogP contribution in [0.25, 0.3) is 0 Å². The number of hydrogen-bond acceptors (Lipinski definition) is 7. The van der Waals surface area contributed by atoms with Crippen molar-refractivity contribution in [2.75, 3.05) is 33.1 Å². The van der Waals surface area contributed by atoms with Gasteiger partial charge in [0.2, 0.25) is 5.91 Å². The zero-order valence-electron chi connectivity index (χ0n) is 19.3. The number of fused-ring (bicyclic) bond motifs is 2. The molecule has 2 heterocycles. The van der Waals surface area contributed by atoms with Gasteiger partial charge in [-0.05, 0) is 37.7 Å². The molecule has 0 aliphatic carbocycles. The second-order valence-electron chi connectivity index (χ2n) is 8.72. The molecule has 178 valence electrons. The highest BCUT2D eigenvalue weighted by molar-refractivity contribution is 6.31. The standard InChI is InChI=1S/C25H25ClN2O6/c1-14-5-7-15(8-6-14)21(30)18-13-28(2)24(23(32)34-4,12-20(29)33-3)25(18)17-11-16(26)9-10-19(17)27-22(25)31/h5-11,18H,12-13H2,1-4H3,(H,27,31)/t18-,24+,25+/m1/s1. The van der Waals surface area contributed by atoms with Crippen molar-refractivity contribution in [2.24, 2.45) is 5.92 Å². The molecule has 1 N–H and O–H groups in total. The number of methoxy groups -OCH3 is 2. The molecule has 4 rings (SSSR count). The van der Waals surface area contributed by atoms with E-state index in [0.717, 1.165) is 5.56 Å². The Bertz CT molecular complexity index is 1200. The van der Waals surface area contributed by atoms with Crippen LogP contribution in [0.5, 0.6) is 0 Å². The van der Waals surface area contributed by atoms with Gasteiger partial charge in [0.15, 0.2) is 5.78 Å². The van der Waals surface area contributed by atoms with Crippen LogP contribution >= 0.6 is 11.6 Å². The van der Waals surface area contributed by atoms with Gasteiger partial charge < -0.3 is 14.8 Å². The van der Waals surface area contributed by atoms with Gasteiger partial charge in [0, 0.05) is 22.8 Å². The van der Waals surface area contributed by atoms with Gasteiger partial charge in [0.05, 0.1) is 26.6 Å². The lowest BCUT2D eigenvalue weighted by Gasteiger charge is -2.43. The molecule has 2 aliphatic rings. The Labute approximate surface area is 202 Å². The predicted octanol–water partition coefficient (Wildman–Crippen LogP) is 2.76. The second-order valence-corrected chi connectivity index (χ2v) is 9.16. The van der Waals surface area contributed by atoms with Crippen molar-refractivity contribution >= 4 is 40.9 Å². The van der Waals surface area contributed by atoms with E-state index in [4.69, 9.17) is 21.1 Å². The fourth-order valence-electron chi connectivity index (χ4n) is 5.52. The number of hydrogen-bond donors (Lipinski definition) is 1. The third-order valence-electron chi connectivity index (χ3n) is 7.10. The van der Waals surface area contributed by atoms with Crippen LogP contribution in [0.3, 0.4) is 0 Å². The van der Waals surface area contributed by atoms with Crippen LogP contribution < -0.4 is 5.32 Å². The highest BCUT2D eigenvalue weighted by atomic mass is 35.5. The minimum atomic E-state index is -1.85. The van der Waals surface area contributed by atoms with Crippen LogP contribution in [0.1, 0.15) is 27.9 Å². The third kappa shape index (κ3) is 3.16. The molecule has 34 heavy (non-hydrogen) atoms. The number of anilines is 1. The zero-order valence-corrected chi connectivity index (χ0v) is 20.1. The number of carbonyl (C=O) groups is 4. The zero-order chi connectivity index (χ0) is 24.8. The lowest BCUT2D eigenvalue weighted by molar-refractivity contribution is -0.165. The van der Waals surface area contributed by atoms with Crippen molar-refractivity contribution in [3.63, 3.8) is 0 Å². The molecule has 2 aliphatic heterocycles. The number of rotatable bonds is 5. The van der Waals surface area contributed by atoms with E-state index in [0.29, 0.717) is 21.8 Å². The minimum absolute atomic E-state index is 0.0260. The van der Waals surface area contributed by atoms with Gasteiger partial charge in [-0.3, -0.25) is 19.3 Å². The molecule has 1 saturated heterocycles. The number of carbonyl (C=O) groups excluding carboxylic acids is 4. The monoisotopic (exact) mass is 484 g/mol. The topological polar surface area (TPSA) is 102 Å². The molecule has 0 saturated carbocycles. The van der Waals surface area contributed by atoms with Crippen molar-refractivity contribution in [3.05, 3.63) is 64.2 Å². The number of halogens is 1. The summed E-state index contributed by atoms with van der Waals surface area (Å²) in [6, 6.07) is 11.8. The van der Waals surface area contributed by atoms with Crippen molar-refractivity contribution < 1.29 is 28.7 Å².